The molecule has 2 aliphatic carbocycles. The summed E-state index contributed by atoms with van der Waals surface area (Å²) >= 11 is 0. The van der Waals surface area contributed by atoms with Gasteiger partial charge in [-0.25, -0.2) is 0 Å². The maximum absolute atomic E-state index is 5.03. The molecule has 8 aromatic carbocycles. The van der Waals surface area contributed by atoms with Gasteiger partial charge in [-0.15, -0.1) is 0 Å². The summed E-state index contributed by atoms with van der Waals surface area (Å²) in [6.07, 6.45) is 1.94. The van der Waals surface area contributed by atoms with Crippen molar-refractivity contribution in [3.05, 3.63) is 223 Å². The molecule has 0 fully saturated rings. The molecule has 11 aromatic rings. The number of hydrogen-bond acceptors (Lipinski definition) is 1. The second-order valence-electron chi connectivity index (χ2n) is 15.4. The fourth-order valence-electron chi connectivity index (χ4n) is 10.6. The molecule has 0 bridgehead atoms. The van der Waals surface area contributed by atoms with Crippen LogP contribution in [0.4, 0.5) is 0 Å². The first-order chi connectivity index (χ1) is 28.3. The molecule has 2 aliphatic rings. The number of aromatic nitrogens is 3. The fraction of sp³-hybridized carbons (Fsp3) is 0.0185. The molecule has 0 N–H and O–H groups in total. The highest BCUT2D eigenvalue weighted by atomic mass is 15.0. The van der Waals surface area contributed by atoms with E-state index in [2.05, 4.69) is 203 Å². The van der Waals surface area contributed by atoms with Gasteiger partial charge >= 0.3 is 0 Å². The van der Waals surface area contributed by atoms with Crippen LogP contribution in [0.25, 0.3) is 88.5 Å². The smallest absolute Gasteiger partial charge is 0.0753 e. The first kappa shape index (κ1) is 30.8. The van der Waals surface area contributed by atoms with Crippen molar-refractivity contribution in [3.8, 4) is 44.9 Å². The predicted octanol–water partition coefficient (Wildman–Crippen LogP) is 13.3. The average Bonchev–Trinajstić information content (AvgIpc) is 3.98. The van der Waals surface area contributed by atoms with Crippen LogP contribution in [0.2, 0.25) is 0 Å². The molecule has 0 aliphatic heterocycles. The Bertz CT molecular complexity index is 3410. The first-order valence-corrected chi connectivity index (χ1v) is 19.7. The van der Waals surface area contributed by atoms with Crippen LogP contribution in [0.1, 0.15) is 22.3 Å². The van der Waals surface area contributed by atoms with E-state index in [-0.39, 0.29) is 0 Å². The molecule has 1 spiro atoms. The molecule has 3 aromatic heterocycles. The van der Waals surface area contributed by atoms with Crippen molar-refractivity contribution in [1.82, 2.24) is 14.1 Å². The minimum absolute atomic E-state index is 0.471. The quantitative estimate of drug-likeness (QED) is 0.178. The van der Waals surface area contributed by atoms with Crippen LogP contribution in [0.3, 0.4) is 0 Å². The molecule has 0 amide bonds. The molecule has 0 radical (unpaired) electrons. The van der Waals surface area contributed by atoms with Crippen LogP contribution in [0.5, 0.6) is 0 Å². The Morgan fingerprint density at radius 2 is 0.965 bits per heavy atom. The lowest BCUT2D eigenvalue weighted by Gasteiger charge is -2.30. The van der Waals surface area contributed by atoms with Crippen molar-refractivity contribution in [2.45, 2.75) is 5.41 Å². The summed E-state index contributed by atoms with van der Waals surface area (Å²) in [5.41, 5.74) is 19.1. The van der Waals surface area contributed by atoms with E-state index in [9.17, 15) is 0 Å². The van der Waals surface area contributed by atoms with Crippen molar-refractivity contribution in [3.63, 3.8) is 0 Å². The van der Waals surface area contributed by atoms with Crippen molar-refractivity contribution < 1.29 is 0 Å². The van der Waals surface area contributed by atoms with Crippen molar-refractivity contribution >= 4 is 43.6 Å². The molecule has 264 valence electrons. The Balaban J connectivity index is 1.15. The number of pyridine rings is 1. The topological polar surface area (TPSA) is 22.8 Å². The molecule has 3 heteroatoms. The van der Waals surface area contributed by atoms with Gasteiger partial charge in [-0.1, -0.05) is 133 Å². The highest BCUT2D eigenvalue weighted by Crippen LogP contribution is 2.63. The van der Waals surface area contributed by atoms with Gasteiger partial charge in [0.25, 0.3) is 0 Å². The van der Waals surface area contributed by atoms with Gasteiger partial charge in [-0.2, -0.15) is 0 Å². The molecular formula is C54H33N3. The summed E-state index contributed by atoms with van der Waals surface area (Å²) in [6.45, 7) is 0. The van der Waals surface area contributed by atoms with Gasteiger partial charge in [0, 0.05) is 50.2 Å². The zero-order chi connectivity index (χ0) is 37.2. The third-order valence-corrected chi connectivity index (χ3v) is 12.8. The van der Waals surface area contributed by atoms with Crippen LogP contribution in [-0.2, 0) is 5.41 Å². The number of benzene rings is 8. The monoisotopic (exact) mass is 723 g/mol. The second kappa shape index (κ2) is 11.3. The van der Waals surface area contributed by atoms with Gasteiger partial charge in [0.05, 0.1) is 33.2 Å². The SMILES string of the molecule is c1ccc(-n2c3ccc(-c4cccc5c6ccccc6n(-c6ccccc6)c45)cc3c3cc4c(cc32)-c2ccccc2C42c3ccccc3-c3ncccc32)cc1. The molecular weight excluding hydrogens is 691 g/mol. The molecule has 1 unspecified atom stereocenters. The Morgan fingerprint density at radius 3 is 1.79 bits per heavy atom. The lowest BCUT2D eigenvalue weighted by atomic mass is 9.70. The van der Waals surface area contributed by atoms with Gasteiger partial charge in [-0.05, 0) is 99.6 Å². The molecule has 57 heavy (non-hydrogen) atoms. The first-order valence-electron chi connectivity index (χ1n) is 19.7. The van der Waals surface area contributed by atoms with E-state index in [1.807, 2.05) is 6.20 Å². The van der Waals surface area contributed by atoms with Crippen LogP contribution in [0.15, 0.2) is 200 Å². The summed E-state index contributed by atoms with van der Waals surface area (Å²) in [5.74, 6) is 0. The van der Waals surface area contributed by atoms with E-state index >= 15 is 0 Å². The van der Waals surface area contributed by atoms with Crippen LogP contribution in [-0.4, -0.2) is 14.1 Å². The molecule has 3 nitrogen and oxygen atoms in total. The van der Waals surface area contributed by atoms with Gasteiger partial charge in [0.1, 0.15) is 0 Å². The maximum Gasteiger partial charge on any atom is 0.0753 e. The Hall–Kier alpha value is -7.49. The molecule has 13 rings (SSSR count). The largest absolute Gasteiger partial charge is 0.309 e. The van der Waals surface area contributed by atoms with Gasteiger partial charge in [0.15, 0.2) is 0 Å². The predicted molar refractivity (Wildman–Crippen MR) is 235 cm³/mol. The van der Waals surface area contributed by atoms with E-state index in [0.29, 0.717) is 0 Å². The zero-order valence-corrected chi connectivity index (χ0v) is 30.9. The molecule has 3 heterocycles. The molecule has 0 saturated carbocycles. The zero-order valence-electron chi connectivity index (χ0n) is 30.9. The van der Waals surface area contributed by atoms with Crippen molar-refractivity contribution in [2.24, 2.45) is 0 Å². The molecule has 0 saturated heterocycles. The van der Waals surface area contributed by atoms with Gasteiger partial charge in [-0.3, -0.25) is 4.98 Å². The van der Waals surface area contributed by atoms with E-state index < -0.39 is 5.41 Å². The summed E-state index contributed by atoms with van der Waals surface area (Å²) in [4.78, 5) is 5.03. The third kappa shape index (κ3) is 3.92. The van der Waals surface area contributed by atoms with E-state index in [4.69, 9.17) is 4.98 Å². The Kier molecular flexibility index (Phi) is 6.10. The minimum Gasteiger partial charge on any atom is -0.309 e. The summed E-state index contributed by atoms with van der Waals surface area (Å²) in [6, 6.07) is 71.6. The number of hydrogen-bond donors (Lipinski definition) is 0. The Labute approximate surface area is 329 Å². The van der Waals surface area contributed by atoms with E-state index in [1.165, 1.54) is 93.7 Å². The normalized spacial score (nSPS) is 15.1. The van der Waals surface area contributed by atoms with Crippen LogP contribution >= 0.6 is 0 Å². The number of rotatable bonds is 3. The number of nitrogens with zero attached hydrogens (tertiary/aromatic N) is 3. The second-order valence-corrected chi connectivity index (χ2v) is 15.4. The van der Waals surface area contributed by atoms with Crippen molar-refractivity contribution in [2.75, 3.05) is 0 Å². The fourth-order valence-corrected chi connectivity index (χ4v) is 10.6. The highest BCUT2D eigenvalue weighted by molar-refractivity contribution is 6.16. The van der Waals surface area contributed by atoms with Gasteiger partial charge < -0.3 is 9.13 Å². The maximum atomic E-state index is 5.03. The lowest BCUT2D eigenvalue weighted by molar-refractivity contribution is 0.792. The van der Waals surface area contributed by atoms with Crippen molar-refractivity contribution in [1.29, 1.82) is 0 Å². The Morgan fingerprint density at radius 1 is 0.351 bits per heavy atom. The lowest BCUT2D eigenvalue weighted by Crippen LogP contribution is -2.25. The summed E-state index contributed by atoms with van der Waals surface area (Å²) in [5, 5.41) is 4.99. The summed E-state index contributed by atoms with van der Waals surface area (Å²) < 4.78 is 4.90. The van der Waals surface area contributed by atoms with Gasteiger partial charge in [0.2, 0.25) is 0 Å². The van der Waals surface area contributed by atoms with E-state index in [0.717, 1.165) is 17.1 Å². The van der Waals surface area contributed by atoms with Crippen LogP contribution in [0, 0.1) is 0 Å². The van der Waals surface area contributed by atoms with Crippen LogP contribution < -0.4 is 0 Å². The third-order valence-electron chi connectivity index (χ3n) is 12.8. The van der Waals surface area contributed by atoms with E-state index in [1.54, 1.807) is 0 Å². The standard InChI is InChI=1S/C54H33N3/c1-3-15-35(16-4-1)56-50-29-28-34(37-22-13-23-40-39-20-9-12-27-49(39)57(53(37)40)36-17-5-2-6-18-36)31-43(50)44-32-48-42(33-51(44)56)38-19-7-10-24-45(38)54(48)46-25-11-8-21-41(46)52-47(54)26-14-30-55-52/h1-33H. The minimum atomic E-state index is -0.471. The molecule has 1 atom stereocenters. The number of para-hydroxylation sites is 4. The summed E-state index contributed by atoms with van der Waals surface area (Å²) in [7, 11) is 0. The average molecular weight is 724 g/mol. The number of fused-ring (bicyclic) bond motifs is 16. The highest BCUT2D eigenvalue weighted by Gasteiger charge is 2.52.